The monoisotopic (exact) mass is 262 g/mol. The van der Waals surface area contributed by atoms with Gasteiger partial charge in [-0.15, -0.1) is 11.6 Å². The minimum Gasteiger partial charge on any atom is -0.349 e. The Morgan fingerprint density at radius 2 is 1.94 bits per heavy atom. The van der Waals surface area contributed by atoms with E-state index in [0.29, 0.717) is 12.0 Å². The second-order valence-corrected chi connectivity index (χ2v) is 5.42. The largest absolute Gasteiger partial charge is 0.349 e. The highest BCUT2D eigenvalue weighted by atomic mass is 35.5. The van der Waals surface area contributed by atoms with Gasteiger partial charge in [0.15, 0.2) is 0 Å². The molecule has 0 amide bonds. The van der Waals surface area contributed by atoms with Crippen LogP contribution >= 0.6 is 11.6 Å². The molecule has 1 aromatic rings. The molecule has 1 fully saturated rings. The van der Waals surface area contributed by atoms with Gasteiger partial charge in [-0.3, -0.25) is 4.99 Å². The normalized spacial score (nSPS) is 22.5. The van der Waals surface area contributed by atoms with Crippen LogP contribution in [-0.4, -0.2) is 22.8 Å². The number of nitrogens with zero attached hydrogens (tertiary/aromatic N) is 2. The van der Waals surface area contributed by atoms with Crippen LogP contribution in [0.3, 0.4) is 0 Å². The van der Waals surface area contributed by atoms with E-state index in [9.17, 15) is 0 Å². The van der Waals surface area contributed by atoms with Crippen molar-refractivity contribution >= 4 is 17.4 Å². The second-order valence-electron chi connectivity index (χ2n) is 5.18. The molecule has 0 unspecified atom stereocenters. The van der Waals surface area contributed by atoms with E-state index in [1.54, 1.807) is 0 Å². The molecule has 3 heteroatoms. The van der Waals surface area contributed by atoms with Crippen molar-refractivity contribution in [3.63, 3.8) is 0 Å². The molecule has 0 saturated heterocycles. The second kappa shape index (κ2) is 5.31. The topological polar surface area (TPSA) is 15.6 Å². The summed E-state index contributed by atoms with van der Waals surface area (Å²) in [5, 5.41) is 0. The molecule has 0 bridgehead atoms. The minimum atomic E-state index is 0.354. The fourth-order valence-electron chi connectivity index (χ4n) is 3.22. The van der Waals surface area contributed by atoms with E-state index < -0.39 is 0 Å². The summed E-state index contributed by atoms with van der Waals surface area (Å²) in [5.74, 6) is 1.12. The molecular formula is C15H19ClN2. The van der Waals surface area contributed by atoms with Crippen LogP contribution in [0.5, 0.6) is 0 Å². The first-order valence-corrected chi connectivity index (χ1v) is 7.39. The molecule has 3 rings (SSSR count). The first kappa shape index (κ1) is 12.0. The quantitative estimate of drug-likeness (QED) is 0.585. The smallest absolute Gasteiger partial charge is 0.133 e. The number of hydrogen-bond donors (Lipinski definition) is 0. The van der Waals surface area contributed by atoms with Crippen LogP contribution in [0.25, 0.3) is 0 Å². The summed E-state index contributed by atoms with van der Waals surface area (Å²) >= 11 is 5.84. The number of alkyl halides is 1. The number of benzene rings is 1. The van der Waals surface area contributed by atoms with Crippen LogP contribution in [0.15, 0.2) is 29.3 Å². The van der Waals surface area contributed by atoms with Gasteiger partial charge in [0, 0.05) is 18.2 Å². The molecule has 1 aromatic carbocycles. The van der Waals surface area contributed by atoms with Crippen molar-refractivity contribution in [3.8, 4) is 0 Å². The summed E-state index contributed by atoms with van der Waals surface area (Å²) < 4.78 is 0. The molecule has 0 spiro atoms. The van der Waals surface area contributed by atoms with Crippen molar-refractivity contribution < 1.29 is 0 Å². The van der Waals surface area contributed by atoms with E-state index in [1.165, 1.54) is 43.2 Å². The standard InChI is InChI=1S/C15H19ClN2/c16-11-17-15-14-9-5-4-6-12(14)10-18(15)13-7-2-1-3-8-13/h4-6,9,13H,1-3,7-8,10-11H2. The maximum atomic E-state index is 5.84. The van der Waals surface area contributed by atoms with Gasteiger partial charge < -0.3 is 4.90 Å². The van der Waals surface area contributed by atoms with Crippen LogP contribution in [0.2, 0.25) is 0 Å². The lowest BCUT2D eigenvalue weighted by molar-refractivity contribution is 0.245. The summed E-state index contributed by atoms with van der Waals surface area (Å²) in [4.78, 5) is 7.01. The molecule has 1 aliphatic heterocycles. The van der Waals surface area contributed by atoms with Crippen LogP contribution < -0.4 is 0 Å². The minimum absolute atomic E-state index is 0.354. The number of rotatable bonds is 2. The van der Waals surface area contributed by atoms with E-state index in [-0.39, 0.29) is 0 Å². The Hall–Kier alpha value is -1.02. The van der Waals surface area contributed by atoms with Crippen molar-refractivity contribution in [1.82, 2.24) is 4.90 Å². The molecule has 1 heterocycles. The summed E-state index contributed by atoms with van der Waals surface area (Å²) in [6, 6.07) is 9.60. The molecule has 1 aliphatic carbocycles. The van der Waals surface area contributed by atoms with Crippen LogP contribution in [0.1, 0.15) is 43.2 Å². The SMILES string of the molecule is ClCN=C1c2ccccc2CN1C1CCCCC1. The van der Waals surface area contributed by atoms with Gasteiger partial charge in [0.1, 0.15) is 11.8 Å². The molecule has 0 aromatic heterocycles. The zero-order valence-electron chi connectivity index (χ0n) is 10.6. The van der Waals surface area contributed by atoms with Crippen molar-refractivity contribution in [2.45, 2.75) is 44.7 Å². The van der Waals surface area contributed by atoms with E-state index in [2.05, 4.69) is 34.2 Å². The Balaban J connectivity index is 1.90. The molecule has 0 N–H and O–H groups in total. The van der Waals surface area contributed by atoms with Crippen molar-refractivity contribution in [1.29, 1.82) is 0 Å². The highest BCUT2D eigenvalue weighted by molar-refractivity contribution is 6.18. The lowest BCUT2D eigenvalue weighted by atomic mass is 9.94. The highest BCUT2D eigenvalue weighted by Crippen LogP contribution is 2.31. The third-order valence-corrected chi connectivity index (χ3v) is 4.22. The first-order chi connectivity index (χ1) is 8.90. The molecule has 1 saturated carbocycles. The van der Waals surface area contributed by atoms with Gasteiger partial charge in [-0.05, 0) is 18.4 Å². The molecule has 0 atom stereocenters. The Bertz CT molecular complexity index is 450. The molecule has 18 heavy (non-hydrogen) atoms. The predicted molar refractivity (Wildman–Crippen MR) is 76.1 cm³/mol. The lowest BCUT2D eigenvalue weighted by Gasteiger charge is -2.32. The molecular weight excluding hydrogens is 244 g/mol. The van der Waals surface area contributed by atoms with E-state index >= 15 is 0 Å². The third-order valence-electron chi connectivity index (χ3n) is 4.10. The average Bonchev–Trinajstić information content (AvgIpc) is 2.80. The fraction of sp³-hybridized carbons (Fsp3) is 0.533. The maximum absolute atomic E-state index is 5.84. The zero-order valence-corrected chi connectivity index (χ0v) is 11.4. The number of hydrogen-bond acceptors (Lipinski definition) is 1. The molecule has 2 nitrogen and oxygen atoms in total. The van der Waals surface area contributed by atoms with Crippen LogP contribution in [0.4, 0.5) is 0 Å². The fourth-order valence-corrected chi connectivity index (χ4v) is 3.33. The maximum Gasteiger partial charge on any atom is 0.133 e. The lowest BCUT2D eigenvalue weighted by Crippen LogP contribution is -2.37. The summed E-state index contributed by atoms with van der Waals surface area (Å²) in [5.41, 5.74) is 2.68. The number of amidine groups is 1. The van der Waals surface area contributed by atoms with Gasteiger partial charge in [-0.2, -0.15) is 0 Å². The Kier molecular flexibility index (Phi) is 3.55. The number of halogens is 1. The van der Waals surface area contributed by atoms with E-state index in [4.69, 9.17) is 11.6 Å². The van der Waals surface area contributed by atoms with Gasteiger partial charge in [-0.1, -0.05) is 43.5 Å². The van der Waals surface area contributed by atoms with Gasteiger partial charge in [-0.25, -0.2) is 0 Å². The molecule has 0 radical (unpaired) electrons. The summed E-state index contributed by atoms with van der Waals surface area (Å²) in [6.45, 7) is 1.01. The highest BCUT2D eigenvalue weighted by Gasteiger charge is 2.31. The number of fused-ring (bicyclic) bond motifs is 1. The zero-order chi connectivity index (χ0) is 12.4. The van der Waals surface area contributed by atoms with E-state index in [0.717, 1.165) is 12.4 Å². The van der Waals surface area contributed by atoms with Gasteiger partial charge in [0.2, 0.25) is 0 Å². The summed E-state index contributed by atoms with van der Waals surface area (Å²) in [7, 11) is 0. The first-order valence-electron chi connectivity index (χ1n) is 6.85. The van der Waals surface area contributed by atoms with Crippen molar-refractivity contribution in [2.75, 3.05) is 6.00 Å². The summed E-state index contributed by atoms with van der Waals surface area (Å²) in [6.07, 6.45) is 6.70. The molecule has 2 aliphatic rings. The van der Waals surface area contributed by atoms with Gasteiger partial charge >= 0.3 is 0 Å². The average molecular weight is 263 g/mol. The number of aliphatic imine (C=N–C) groups is 1. The Morgan fingerprint density at radius 3 is 2.72 bits per heavy atom. The van der Waals surface area contributed by atoms with Crippen molar-refractivity contribution in [3.05, 3.63) is 35.4 Å². The van der Waals surface area contributed by atoms with Crippen molar-refractivity contribution in [2.24, 2.45) is 4.99 Å². The van der Waals surface area contributed by atoms with Crippen LogP contribution in [-0.2, 0) is 6.54 Å². The Morgan fingerprint density at radius 1 is 1.17 bits per heavy atom. The van der Waals surface area contributed by atoms with Crippen LogP contribution in [0, 0.1) is 0 Å². The van der Waals surface area contributed by atoms with Gasteiger partial charge in [0.25, 0.3) is 0 Å². The Labute approximate surface area is 114 Å². The third kappa shape index (κ3) is 2.14. The van der Waals surface area contributed by atoms with E-state index in [1.807, 2.05) is 0 Å². The predicted octanol–water partition coefficient (Wildman–Crippen LogP) is 3.78. The van der Waals surface area contributed by atoms with Gasteiger partial charge in [0.05, 0.1) is 0 Å². The molecule has 96 valence electrons.